The predicted octanol–water partition coefficient (Wildman–Crippen LogP) is 0.422. The number of Topliss-reactive ketones (excluding diaryl/α,β-unsaturated/α-hetero) is 1. The van der Waals surface area contributed by atoms with Gasteiger partial charge in [0.05, 0.1) is 6.54 Å². The van der Waals surface area contributed by atoms with Crippen LogP contribution in [-0.4, -0.2) is 26.5 Å². The lowest BCUT2D eigenvalue weighted by Gasteiger charge is -2.03. The van der Waals surface area contributed by atoms with E-state index in [1.807, 2.05) is 0 Å². The van der Waals surface area contributed by atoms with Gasteiger partial charge in [-0.2, -0.15) is 0 Å². The zero-order valence-electron chi connectivity index (χ0n) is 8.51. The minimum Gasteiger partial charge on any atom is -0.293 e. The molecule has 0 aliphatic rings. The zero-order chi connectivity index (χ0) is 12.0. The summed E-state index contributed by atoms with van der Waals surface area (Å²) in [6.07, 6.45) is 4.92. The van der Waals surface area contributed by atoms with E-state index in [1.165, 1.54) is 0 Å². The van der Waals surface area contributed by atoms with Gasteiger partial charge in [-0.25, -0.2) is 13.1 Å². The summed E-state index contributed by atoms with van der Waals surface area (Å²) >= 11 is 0. The summed E-state index contributed by atoms with van der Waals surface area (Å²) < 4.78 is 24.8. The average molecular weight is 237 g/mol. The Bertz CT molecular complexity index is 500. The van der Waals surface area contributed by atoms with Crippen LogP contribution in [0.5, 0.6) is 0 Å². The Morgan fingerprint density at radius 2 is 1.94 bits per heavy atom. The van der Waals surface area contributed by atoms with Gasteiger partial charge in [0.1, 0.15) is 5.75 Å². The smallest absolute Gasteiger partial charge is 0.219 e. The SMILES string of the molecule is C#CCNS(=O)(=O)CC(=O)c1ccccc1. The second-order valence-electron chi connectivity index (χ2n) is 3.07. The molecule has 1 aromatic carbocycles. The van der Waals surface area contributed by atoms with Crippen molar-refractivity contribution in [2.45, 2.75) is 0 Å². The second-order valence-corrected chi connectivity index (χ2v) is 4.88. The van der Waals surface area contributed by atoms with E-state index in [4.69, 9.17) is 6.42 Å². The number of ketones is 1. The van der Waals surface area contributed by atoms with E-state index in [2.05, 4.69) is 10.6 Å². The molecule has 1 aromatic rings. The van der Waals surface area contributed by atoms with Crippen LogP contribution in [-0.2, 0) is 10.0 Å². The summed E-state index contributed by atoms with van der Waals surface area (Å²) in [4.78, 5) is 11.6. The zero-order valence-corrected chi connectivity index (χ0v) is 9.33. The number of carbonyl (C=O) groups excluding carboxylic acids is 1. The van der Waals surface area contributed by atoms with Crippen molar-refractivity contribution < 1.29 is 13.2 Å². The molecule has 0 radical (unpaired) electrons. The lowest BCUT2D eigenvalue weighted by atomic mass is 10.2. The molecule has 0 fully saturated rings. The van der Waals surface area contributed by atoms with Gasteiger partial charge < -0.3 is 0 Å². The van der Waals surface area contributed by atoms with Gasteiger partial charge in [-0.1, -0.05) is 36.3 Å². The van der Waals surface area contributed by atoms with E-state index in [1.54, 1.807) is 30.3 Å². The maximum atomic E-state index is 11.6. The van der Waals surface area contributed by atoms with Crippen LogP contribution in [0, 0.1) is 12.3 Å². The predicted molar refractivity (Wildman–Crippen MR) is 61.4 cm³/mol. The molecule has 0 heterocycles. The number of sulfonamides is 1. The van der Waals surface area contributed by atoms with Crippen LogP contribution in [0.3, 0.4) is 0 Å². The first kappa shape index (κ1) is 12.4. The van der Waals surface area contributed by atoms with Crippen molar-refractivity contribution in [1.82, 2.24) is 4.72 Å². The number of carbonyl (C=O) groups is 1. The maximum absolute atomic E-state index is 11.6. The van der Waals surface area contributed by atoms with Crippen LogP contribution in [0.1, 0.15) is 10.4 Å². The fraction of sp³-hybridized carbons (Fsp3) is 0.182. The second kappa shape index (κ2) is 5.45. The molecule has 0 saturated carbocycles. The highest BCUT2D eigenvalue weighted by molar-refractivity contribution is 7.90. The highest BCUT2D eigenvalue weighted by Crippen LogP contribution is 2.01. The first-order valence-corrected chi connectivity index (χ1v) is 6.19. The first-order chi connectivity index (χ1) is 7.55. The van der Waals surface area contributed by atoms with E-state index in [0.29, 0.717) is 5.56 Å². The van der Waals surface area contributed by atoms with E-state index < -0.39 is 21.6 Å². The molecule has 0 saturated heterocycles. The van der Waals surface area contributed by atoms with Crippen molar-refractivity contribution in [3.05, 3.63) is 35.9 Å². The first-order valence-electron chi connectivity index (χ1n) is 4.54. The molecule has 1 rings (SSSR count). The van der Waals surface area contributed by atoms with Crippen molar-refractivity contribution in [3.63, 3.8) is 0 Å². The Kier molecular flexibility index (Phi) is 4.23. The van der Waals surface area contributed by atoms with Crippen LogP contribution < -0.4 is 4.72 Å². The van der Waals surface area contributed by atoms with Crippen molar-refractivity contribution in [2.24, 2.45) is 0 Å². The number of hydrogen-bond acceptors (Lipinski definition) is 3. The van der Waals surface area contributed by atoms with E-state index in [0.717, 1.165) is 0 Å². The number of benzene rings is 1. The molecule has 84 valence electrons. The number of hydrogen-bond donors (Lipinski definition) is 1. The molecule has 16 heavy (non-hydrogen) atoms. The largest absolute Gasteiger partial charge is 0.293 e. The van der Waals surface area contributed by atoms with Gasteiger partial charge in [-0.15, -0.1) is 6.42 Å². The molecule has 1 N–H and O–H groups in total. The molecule has 0 atom stereocenters. The van der Waals surface area contributed by atoms with Crippen molar-refractivity contribution >= 4 is 15.8 Å². The highest BCUT2D eigenvalue weighted by atomic mass is 32.2. The summed E-state index contributed by atoms with van der Waals surface area (Å²) in [7, 11) is -3.63. The van der Waals surface area contributed by atoms with E-state index >= 15 is 0 Å². The van der Waals surface area contributed by atoms with Crippen LogP contribution >= 0.6 is 0 Å². The van der Waals surface area contributed by atoms with Gasteiger partial charge in [0.2, 0.25) is 10.0 Å². The lowest BCUT2D eigenvalue weighted by Crippen LogP contribution is -2.30. The average Bonchev–Trinajstić information content (AvgIpc) is 2.27. The van der Waals surface area contributed by atoms with Crippen molar-refractivity contribution in [1.29, 1.82) is 0 Å². The fourth-order valence-electron chi connectivity index (χ4n) is 1.08. The van der Waals surface area contributed by atoms with Crippen LogP contribution in [0.15, 0.2) is 30.3 Å². The Morgan fingerprint density at radius 1 is 1.31 bits per heavy atom. The normalized spacial score (nSPS) is 10.7. The molecule has 0 unspecified atom stereocenters. The lowest BCUT2D eigenvalue weighted by molar-refractivity contribution is 0.102. The van der Waals surface area contributed by atoms with Gasteiger partial charge in [0.25, 0.3) is 0 Å². The Hall–Kier alpha value is -1.64. The van der Waals surface area contributed by atoms with Crippen molar-refractivity contribution in [2.75, 3.05) is 12.3 Å². The third-order valence-corrected chi connectivity index (χ3v) is 3.04. The Balaban J connectivity index is 2.69. The number of terminal acetylenes is 1. The topological polar surface area (TPSA) is 63.2 Å². The van der Waals surface area contributed by atoms with Crippen LogP contribution in [0.2, 0.25) is 0 Å². The molecule has 0 amide bonds. The molecule has 0 aliphatic heterocycles. The number of rotatable bonds is 5. The Morgan fingerprint density at radius 3 is 2.50 bits per heavy atom. The Labute approximate surface area is 94.7 Å². The molecule has 4 nitrogen and oxygen atoms in total. The van der Waals surface area contributed by atoms with Crippen LogP contribution in [0.4, 0.5) is 0 Å². The van der Waals surface area contributed by atoms with E-state index in [-0.39, 0.29) is 6.54 Å². The minimum absolute atomic E-state index is 0.107. The maximum Gasteiger partial charge on any atom is 0.219 e. The van der Waals surface area contributed by atoms with Gasteiger partial charge in [0.15, 0.2) is 5.78 Å². The van der Waals surface area contributed by atoms with Gasteiger partial charge in [-0.3, -0.25) is 4.79 Å². The molecule has 0 aliphatic carbocycles. The number of nitrogens with one attached hydrogen (secondary N) is 1. The highest BCUT2D eigenvalue weighted by Gasteiger charge is 2.16. The van der Waals surface area contributed by atoms with Gasteiger partial charge in [-0.05, 0) is 0 Å². The molecule has 0 aromatic heterocycles. The molecular weight excluding hydrogens is 226 g/mol. The fourth-order valence-corrected chi connectivity index (χ4v) is 2.00. The molecule has 0 bridgehead atoms. The summed E-state index contributed by atoms with van der Waals surface area (Å²) in [5, 5.41) is 0. The summed E-state index contributed by atoms with van der Waals surface area (Å²) in [5.74, 6) is 1.10. The van der Waals surface area contributed by atoms with Crippen molar-refractivity contribution in [3.8, 4) is 12.3 Å². The van der Waals surface area contributed by atoms with Crippen LogP contribution in [0.25, 0.3) is 0 Å². The summed E-state index contributed by atoms with van der Waals surface area (Å²) in [6, 6.07) is 8.24. The monoisotopic (exact) mass is 237 g/mol. The molecule has 5 heteroatoms. The third-order valence-electron chi connectivity index (χ3n) is 1.81. The summed E-state index contributed by atoms with van der Waals surface area (Å²) in [5.41, 5.74) is 0.369. The molecule has 0 spiro atoms. The standard InChI is InChI=1S/C11H11NO3S/c1-2-8-12-16(14,15)9-11(13)10-6-4-3-5-7-10/h1,3-7,12H,8-9H2. The summed E-state index contributed by atoms with van der Waals surface area (Å²) in [6.45, 7) is -0.107. The van der Waals surface area contributed by atoms with Gasteiger partial charge >= 0.3 is 0 Å². The molecular formula is C11H11NO3S. The van der Waals surface area contributed by atoms with E-state index in [9.17, 15) is 13.2 Å². The van der Waals surface area contributed by atoms with Gasteiger partial charge in [0, 0.05) is 5.56 Å². The quantitative estimate of drug-likeness (QED) is 0.596. The third kappa shape index (κ3) is 3.85. The minimum atomic E-state index is -3.63.